The number of aromatic nitrogens is 5. The van der Waals surface area contributed by atoms with Crippen molar-refractivity contribution < 1.29 is 17.9 Å². The normalized spacial score (nSPS) is 11.6. The lowest BCUT2D eigenvalue weighted by molar-refractivity contribution is -0.274. The van der Waals surface area contributed by atoms with E-state index >= 15 is 0 Å². The Morgan fingerprint density at radius 1 is 1.07 bits per heavy atom. The van der Waals surface area contributed by atoms with Gasteiger partial charge in [-0.25, -0.2) is 15.0 Å². The molecule has 29 heavy (non-hydrogen) atoms. The van der Waals surface area contributed by atoms with Crippen LogP contribution in [0.1, 0.15) is 5.82 Å². The number of ether oxygens (including phenoxy) is 1. The molecule has 0 aliphatic rings. The molecule has 3 aromatic heterocycles. The van der Waals surface area contributed by atoms with Gasteiger partial charge in [-0.1, -0.05) is 11.6 Å². The van der Waals surface area contributed by atoms with E-state index in [1.165, 1.54) is 36.7 Å². The average molecular weight is 421 g/mol. The monoisotopic (exact) mass is 420 g/mol. The molecule has 0 aliphatic carbocycles. The smallest absolute Gasteiger partial charge is 0.406 e. The summed E-state index contributed by atoms with van der Waals surface area (Å²) in [7, 11) is 0. The zero-order valence-corrected chi connectivity index (χ0v) is 15.5. The van der Waals surface area contributed by atoms with Crippen LogP contribution in [0.25, 0.3) is 17.0 Å². The molecule has 4 aromatic rings. The van der Waals surface area contributed by atoms with Crippen molar-refractivity contribution in [2.45, 2.75) is 13.3 Å². The molecule has 0 radical (unpaired) electrons. The zero-order valence-electron chi connectivity index (χ0n) is 14.8. The molecule has 0 amide bonds. The number of halogens is 4. The Balaban J connectivity index is 1.62. The number of fused-ring (bicyclic) bond motifs is 1. The fourth-order valence-electron chi connectivity index (χ4n) is 2.75. The Labute approximate surface area is 167 Å². The van der Waals surface area contributed by atoms with Crippen molar-refractivity contribution >= 4 is 34.3 Å². The van der Waals surface area contributed by atoms with E-state index in [0.29, 0.717) is 39.3 Å². The molecule has 0 saturated heterocycles. The van der Waals surface area contributed by atoms with Crippen LogP contribution in [0.5, 0.6) is 5.75 Å². The number of alkyl halides is 3. The summed E-state index contributed by atoms with van der Waals surface area (Å²) in [6.45, 7) is 1.80. The number of anilines is 2. The predicted octanol–water partition coefficient (Wildman–Crippen LogP) is 4.81. The number of benzene rings is 1. The highest BCUT2D eigenvalue weighted by molar-refractivity contribution is 6.31. The van der Waals surface area contributed by atoms with Crippen LogP contribution in [-0.4, -0.2) is 30.9 Å². The molecule has 4 rings (SSSR count). The van der Waals surface area contributed by atoms with Crippen LogP contribution < -0.4 is 10.1 Å². The van der Waals surface area contributed by atoms with E-state index in [2.05, 4.69) is 30.0 Å². The largest absolute Gasteiger partial charge is 0.573 e. The molecule has 11 heteroatoms. The first-order chi connectivity index (χ1) is 13.8. The summed E-state index contributed by atoms with van der Waals surface area (Å²) >= 11 is 6.05. The van der Waals surface area contributed by atoms with Crippen LogP contribution in [0.15, 0.2) is 48.9 Å². The lowest BCUT2D eigenvalue weighted by atomic mass is 10.3. The molecule has 3 heterocycles. The Hall–Kier alpha value is -3.40. The van der Waals surface area contributed by atoms with Crippen molar-refractivity contribution in [1.82, 2.24) is 24.5 Å². The highest BCUT2D eigenvalue weighted by Crippen LogP contribution is 2.26. The quantitative estimate of drug-likeness (QED) is 0.510. The number of hydrogen-bond donors (Lipinski definition) is 1. The van der Waals surface area contributed by atoms with E-state index < -0.39 is 6.36 Å². The second-order valence-electron chi connectivity index (χ2n) is 5.95. The topological polar surface area (TPSA) is 77.8 Å². The third-order valence-corrected chi connectivity index (χ3v) is 4.06. The molecule has 148 valence electrons. The summed E-state index contributed by atoms with van der Waals surface area (Å²) in [4.78, 5) is 17.2. The highest BCUT2D eigenvalue weighted by Gasteiger charge is 2.30. The van der Waals surface area contributed by atoms with Crippen LogP contribution in [-0.2, 0) is 0 Å². The average Bonchev–Trinajstić information content (AvgIpc) is 2.97. The van der Waals surface area contributed by atoms with Gasteiger partial charge < -0.3 is 10.1 Å². The zero-order chi connectivity index (χ0) is 20.6. The molecule has 0 atom stereocenters. The van der Waals surface area contributed by atoms with Crippen molar-refractivity contribution in [3.8, 4) is 11.6 Å². The van der Waals surface area contributed by atoms with Gasteiger partial charge in [0.15, 0.2) is 17.3 Å². The van der Waals surface area contributed by atoms with Crippen LogP contribution >= 0.6 is 11.6 Å². The van der Waals surface area contributed by atoms with E-state index in [9.17, 15) is 13.2 Å². The number of hydrogen-bond acceptors (Lipinski definition) is 6. The fraction of sp³-hybridized carbons (Fsp3) is 0.111. The van der Waals surface area contributed by atoms with E-state index in [4.69, 9.17) is 11.6 Å². The van der Waals surface area contributed by atoms with Gasteiger partial charge in [-0.05, 0) is 37.3 Å². The maximum Gasteiger partial charge on any atom is 0.573 e. The first kappa shape index (κ1) is 18.9. The second-order valence-corrected chi connectivity index (χ2v) is 6.39. The van der Waals surface area contributed by atoms with Crippen LogP contribution in [0.4, 0.5) is 24.7 Å². The van der Waals surface area contributed by atoms with Crippen molar-refractivity contribution in [2.24, 2.45) is 0 Å². The molecule has 7 nitrogen and oxygen atoms in total. The SMILES string of the molecule is Cc1nc2ncc(Cl)cc2n1-c1cncc(Nc2ccc(OC(F)(F)F)cc2)n1. The molecular weight excluding hydrogens is 409 g/mol. The Bertz CT molecular complexity index is 1180. The standard InChI is InChI=1S/C18H12ClF3N6O/c1-10-25-17-14(6-11(19)7-24-17)28(10)16-9-23-8-15(27-16)26-12-2-4-13(5-3-12)29-18(20,21)22/h2-9H,1H3,(H,26,27). The van der Waals surface area contributed by atoms with Gasteiger partial charge in [-0.15, -0.1) is 13.2 Å². The Morgan fingerprint density at radius 2 is 1.83 bits per heavy atom. The minimum atomic E-state index is -4.74. The number of rotatable bonds is 4. The third kappa shape index (κ3) is 4.21. The van der Waals surface area contributed by atoms with Gasteiger partial charge >= 0.3 is 6.36 Å². The number of nitrogens with zero attached hydrogens (tertiary/aromatic N) is 5. The van der Waals surface area contributed by atoms with Gasteiger partial charge in [0.05, 0.1) is 22.9 Å². The maximum absolute atomic E-state index is 12.3. The first-order valence-electron chi connectivity index (χ1n) is 8.24. The van der Waals surface area contributed by atoms with Gasteiger partial charge in [0.25, 0.3) is 0 Å². The van der Waals surface area contributed by atoms with Crippen molar-refractivity contribution in [3.63, 3.8) is 0 Å². The number of imidazole rings is 1. The van der Waals surface area contributed by atoms with Crippen molar-refractivity contribution in [3.05, 3.63) is 59.8 Å². The van der Waals surface area contributed by atoms with Crippen LogP contribution in [0.2, 0.25) is 5.02 Å². The van der Waals surface area contributed by atoms with E-state index in [1.54, 1.807) is 23.8 Å². The third-order valence-electron chi connectivity index (χ3n) is 3.86. The van der Waals surface area contributed by atoms with Crippen molar-refractivity contribution in [2.75, 3.05) is 5.32 Å². The highest BCUT2D eigenvalue weighted by atomic mass is 35.5. The van der Waals surface area contributed by atoms with Crippen molar-refractivity contribution in [1.29, 1.82) is 0 Å². The minimum Gasteiger partial charge on any atom is -0.406 e. The van der Waals surface area contributed by atoms with E-state index in [1.807, 2.05) is 0 Å². The van der Waals surface area contributed by atoms with Gasteiger partial charge in [0.1, 0.15) is 11.6 Å². The predicted molar refractivity (Wildman–Crippen MR) is 101 cm³/mol. The molecule has 0 bridgehead atoms. The molecule has 0 saturated carbocycles. The molecule has 0 fully saturated rings. The van der Waals surface area contributed by atoms with Gasteiger partial charge in [-0.2, -0.15) is 0 Å². The Morgan fingerprint density at radius 3 is 2.55 bits per heavy atom. The lowest BCUT2D eigenvalue weighted by Gasteiger charge is -2.11. The Kier molecular flexibility index (Phi) is 4.71. The van der Waals surface area contributed by atoms with Gasteiger partial charge in [0, 0.05) is 11.9 Å². The van der Waals surface area contributed by atoms with E-state index in [-0.39, 0.29) is 5.75 Å². The number of aryl methyl sites for hydroxylation is 1. The molecule has 0 spiro atoms. The molecular formula is C18H12ClF3N6O. The summed E-state index contributed by atoms with van der Waals surface area (Å²) in [6, 6.07) is 7.02. The lowest BCUT2D eigenvalue weighted by Crippen LogP contribution is -2.16. The summed E-state index contributed by atoms with van der Waals surface area (Å²) < 4.78 is 42.4. The van der Waals surface area contributed by atoms with E-state index in [0.717, 1.165) is 0 Å². The summed E-state index contributed by atoms with van der Waals surface area (Å²) in [5.41, 5.74) is 1.71. The first-order valence-corrected chi connectivity index (χ1v) is 8.62. The summed E-state index contributed by atoms with van der Waals surface area (Å²) in [6.07, 6.45) is -0.182. The summed E-state index contributed by atoms with van der Waals surface area (Å²) in [5, 5.41) is 3.45. The van der Waals surface area contributed by atoms with Gasteiger partial charge in [0.2, 0.25) is 0 Å². The minimum absolute atomic E-state index is 0.312. The van der Waals surface area contributed by atoms with Crippen LogP contribution in [0, 0.1) is 6.92 Å². The second kappa shape index (κ2) is 7.21. The molecule has 0 unspecified atom stereocenters. The molecule has 1 N–H and O–H groups in total. The summed E-state index contributed by atoms with van der Waals surface area (Å²) in [5.74, 6) is 1.21. The fourth-order valence-corrected chi connectivity index (χ4v) is 2.90. The maximum atomic E-state index is 12.3. The number of pyridine rings is 1. The van der Waals surface area contributed by atoms with Gasteiger partial charge in [-0.3, -0.25) is 9.55 Å². The van der Waals surface area contributed by atoms with Crippen LogP contribution in [0.3, 0.4) is 0 Å². The molecule has 1 aromatic carbocycles. The molecule has 0 aliphatic heterocycles. The number of nitrogens with one attached hydrogen (secondary N) is 1.